The summed E-state index contributed by atoms with van der Waals surface area (Å²) < 4.78 is 12.7. The van der Waals surface area contributed by atoms with Crippen molar-refractivity contribution in [1.82, 2.24) is 4.98 Å². The third-order valence-electron chi connectivity index (χ3n) is 2.43. The van der Waals surface area contributed by atoms with Crippen LogP contribution < -0.4 is 5.32 Å². The Balaban J connectivity index is 2.19. The molecule has 2 rings (SSSR count). The third kappa shape index (κ3) is 2.91. The Labute approximate surface area is 105 Å². The van der Waals surface area contributed by atoms with E-state index >= 15 is 0 Å². The van der Waals surface area contributed by atoms with E-state index in [-0.39, 0.29) is 11.7 Å². The van der Waals surface area contributed by atoms with Crippen LogP contribution >= 0.6 is 0 Å². The fourth-order valence-corrected chi connectivity index (χ4v) is 1.69. The molecular weight excluding hydrogens is 231 g/mol. The maximum Gasteiger partial charge on any atom is 0.274 e. The zero-order chi connectivity index (χ0) is 13.1. The molecule has 3 nitrogen and oxygen atoms in total. The van der Waals surface area contributed by atoms with Gasteiger partial charge in [0.2, 0.25) is 0 Å². The summed E-state index contributed by atoms with van der Waals surface area (Å²) in [6, 6.07) is 9.22. The first-order valence-electron chi connectivity index (χ1n) is 5.57. The van der Waals surface area contributed by atoms with Gasteiger partial charge < -0.3 is 5.32 Å². The maximum atomic E-state index is 12.7. The molecule has 1 aromatic carbocycles. The van der Waals surface area contributed by atoms with E-state index < -0.39 is 0 Å². The Kier molecular flexibility index (Phi) is 3.37. The number of carbonyl (C=O) groups is 1. The molecule has 0 aliphatic heterocycles. The maximum absolute atomic E-state index is 12.7. The number of aromatic nitrogens is 1. The third-order valence-corrected chi connectivity index (χ3v) is 2.43. The van der Waals surface area contributed by atoms with Gasteiger partial charge in [0.25, 0.3) is 5.91 Å². The summed E-state index contributed by atoms with van der Waals surface area (Å²) in [5, 5.41) is 2.67. The minimum atomic E-state index is -0.336. The Hall–Kier alpha value is -2.23. The van der Waals surface area contributed by atoms with E-state index in [2.05, 4.69) is 10.3 Å². The van der Waals surface area contributed by atoms with Crippen LogP contribution in [0.1, 0.15) is 21.7 Å². The molecule has 0 saturated heterocycles. The molecule has 0 spiro atoms. The Morgan fingerprint density at radius 3 is 2.44 bits per heavy atom. The summed E-state index contributed by atoms with van der Waals surface area (Å²) in [6.07, 6.45) is 0. The van der Waals surface area contributed by atoms with E-state index in [0.29, 0.717) is 11.4 Å². The van der Waals surface area contributed by atoms with Gasteiger partial charge in [0, 0.05) is 11.4 Å². The number of carbonyl (C=O) groups excluding carboxylic acids is 1. The summed E-state index contributed by atoms with van der Waals surface area (Å²) >= 11 is 0. The van der Waals surface area contributed by atoms with E-state index in [0.717, 1.165) is 11.3 Å². The van der Waals surface area contributed by atoms with Gasteiger partial charge in [-0.3, -0.25) is 4.79 Å². The number of nitrogens with one attached hydrogen (secondary N) is 1. The lowest BCUT2D eigenvalue weighted by atomic mass is 10.2. The second kappa shape index (κ2) is 4.96. The molecule has 1 amide bonds. The van der Waals surface area contributed by atoms with E-state index in [1.165, 1.54) is 24.3 Å². The van der Waals surface area contributed by atoms with Crippen molar-refractivity contribution in [1.29, 1.82) is 0 Å². The monoisotopic (exact) mass is 244 g/mol. The number of amides is 1. The first-order chi connectivity index (χ1) is 8.54. The van der Waals surface area contributed by atoms with Gasteiger partial charge in [-0.05, 0) is 55.8 Å². The fourth-order valence-electron chi connectivity index (χ4n) is 1.69. The molecule has 1 heterocycles. The van der Waals surface area contributed by atoms with Gasteiger partial charge in [0.05, 0.1) is 0 Å². The zero-order valence-electron chi connectivity index (χ0n) is 10.2. The fraction of sp³-hybridized carbons (Fsp3) is 0.143. The summed E-state index contributed by atoms with van der Waals surface area (Å²) in [5.74, 6) is -0.633. The largest absolute Gasteiger partial charge is 0.321 e. The molecule has 2 aromatic rings. The standard InChI is InChI=1S/C14H13FN2O/c1-9-7-10(2)16-13(8-9)14(18)17-12-5-3-11(15)4-6-12/h3-8H,1-2H3,(H,17,18). The highest BCUT2D eigenvalue weighted by Gasteiger charge is 2.08. The number of halogens is 1. The average Bonchev–Trinajstić information content (AvgIpc) is 2.31. The molecular formula is C14H13FN2O. The van der Waals surface area contributed by atoms with E-state index in [4.69, 9.17) is 0 Å². The van der Waals surface area contributed by atoms with E-state index in [9.17, 15) is 9.18 Å². The first kappa shape index (κ1) is 12.2. The van der Waals surface area contributed by atoms with Crippen molar-refractivity contribution in [2.24, 2.45) is 0 Å². The van der Waals surface area contributed by atoms with Crippen LogP contribution in [-0.2, 0) is 0 Å². The summed E-state index contributed by atoms with van der Waals surface area (Å²) in [6.45, 7) is 3.74. The normalized spacial score (nSPS) is 10.2. The quantitative estimate of drug-likeness (QED) is 0.882. The molecule has 0 aliphatic carbocycles. The van der Waals surface area contributed by atoms with Crippen molar-refractivity contribution in [2.45, 2.75) is 13.8 Å². The molecule has 18 heavy (non-hydrogen) atoms. The van der Waals surface area contributed by atoms with Gasteiger partial charge in [-0.2, -0.15) is 0 Å². The summed E-state index contributed by atoms with van der Waals surface area (Å²) in [5.41, 5.74) is 2.67. The Bertz CT molecular complexity index is 559. The highest BCUT2D eigenvalue weighted by Crippen LogP contribution is 2.11. The number of aryl methyl sites for hydroxylation is 2. The molecule has 0 aliphatic rings. The number of anilines is 1. The van der Waals surface area contributed by atoms with E-state index in [1.54, 1.807) is 6.07 Å². The summed E-state index contributed by atoms with van der Waals surface area (Å²) in [4.78, 5) is 16.1. The molecule has 0 radical (unpaired) electrons. The van der Waals surface area contributed by atoms with Crippen LogP contribution in [0.3, 0.4) is 0 Å². The predicted molar refractivity (Wildman–Crippen MR) is 68.1 cm³/mol. The van der Waals surface area contributed by atoms with E-state index in [1.807, 2.05) is 19.9 Å². The SMILES string of the molecule is Cc1cc(C)nc(C(=O)Nc2ccc(F)cc2)c1. The van der Waals surface area contributed by atoms with Crippen molar-refractivity contribution in [3.63, 3.8) is 0 Å². The molecule has 0 bridgehead atoms. The highest BCUT2D eigenvalue weighted by atomic mass is 19.1. The van der Waals surface area contributed by atoms with Crippen molar-refractivity contribution >= 4 is 11.6 Å². The molecule has 0 atom stereocenters. The van der Waals surface area contributed by atoms with Crippen LogP contribution in [0.2, 0.25) is 0 Å². The number of hydrogen-bond donors (Lipinski definition) is 1. The number of rotatable bonds is 2. The lowest BCUT2D eigenvalue weighted by Crippen LogP contribution is -2.14. The smallest absolute Gasteiger partial charge is 0.274 e. The lowest BCUT2D eigenvalue weighted by molar-refractivity contribution is 0.102. The number of pyridine rings is 1. The molecule has 0 unspecified atom stereocenters. The van der Waals surface area contributed by atoms with Crippen LogP contribution in [0.25, 0.3) is 0 Å². The van der Waals surface area contributed by atoms with Crippen LogP contribution in [0.15, 0.2) is 36.4 Å². The minimum Gasteiger partial charge on any atom is -0.321 e. The molecule has 0 saturated carbocycles. The Morgan fingerprint density at radius 1 is 1.17 bits per heavy atom. The first-order valence-corrected chi connectivity index (χ1v) is 5.57. The molecule has 4 heteroatoms. The Morgan fingerprint density at radius 2 is 1.83 bits per heavy atom. The zero-order valence-corrected chi connectivity index (χ0v) is 10.2. The topological polar surface area (TPSA) is 42.0 Å². The van der Waals surface area contributed by atoms with Gasteiger partial charge in [-0.1, -0.05) is 0 Å². The average molecular weight is 244 g/mol. The predicted octanol–water partition coefficient (Wildman–Crippen LogP) is 3.09. The van der Waals surface area contributed by atoms with Gasteiger partial charge in [0.1, 0.15) is 11.5 Å². The van der Waals surface area contributed by atoms with Crippen LogP contribution in [0.5, 0.6) is 0 Å². The van der Waals surface area contributed by atoms with Gasteiger partial charge >= 0.3 is 0 Å². The number of hydrogen-bond acceptors (Lipinski definition) is 2. The molecule has 0 fully saturated rings. The second-order valence-electron chi connectivity index (χ2n) is 4.13. The highest BCUT2D eigenvalue weighted by molar-refractivity contribution is 6.02. The van der Waals surface area contributed by atoms with Crippen molar-refractivity contribution in [3.05, 3.63) is 59.2 Å². The van der Waals surface area contributed by atoms with Crippen LogP contribution in [0.4, 0.5) is 10.1 Å². The van der Waals surface area contributed by atoms with Gasteiger partial charge in [0.15, 0.2) is 0 Å². The molecule has 1 N–H and O–H groups in total. The van der Waals surface area contributed by atoms with Gasteiger partial charge in [-0.15, -0.1) is 0 Å². The summed E-state index contributed by atoms with van der Waals surface area (Å²) in [7, 11) is 0. The molecule has 1 aromatic heterocycles. The van der Waals surface area contributed by atoms with Crippen LogP contribution in [-0.4, -0.2) is 10.9 Å². The van der Waals surface area contributed by atoms with Crippen LogP contribution in [0, 0.1) is 19.7 Å². The second-order valence-corrected chi connectivity index (χ2v) is 4.13. The molecule has 92 valence electrons. The van der Waals surface area contributed by atoms with Gasteiger partial charge in [-0.25, -0.2) is 9.37 Å². The number of benzene rings is 1. The van der Waals surface area contributed by atoms with Crippen molar-refractivity contribution in [3.8, 4) is 0 Å². The number of nitrogens with zero attached hydrogens (tertiary/aromatic N) is 1. The minimum absolute atomic E-state index is 0.298. The van der Waals surface area contributed by atoms with Crippen molar-refractivity contribution in [2.75, 3.05) is 5.32 Å². The lowest BCUT2D eigenvalue weighted by Gasteiger charge is -2.06. The van der Waals surface area contributed by atoms with Crippen molar-refractivity contribution < 1.29 is 9.18 Å².